The van der Waals surface area contributed by atoms with E-state index in [1.807, 2.05) is 26.0 Å². The van der Waals surface area contributed by atoms with Gasteiger partial charge in [-0.25, -0.2) is 4.98 Å². The van der Waals surface area contributed by atoms with Crippen molar-refractivity contribution < 1.29 is 4.79 Å². The highest BCUT2D eigenvalue weighted by Gasteiger charge is 2.34. The number of amides is 1. The number of anilines is 1. The van der Waals surface area contributed by atoms with Crippen LogP contribution >= 0.6 is 0 Å². The lowest BCUT2D eigenvalue weighted by molar-refractivity contribution is -0.125. The molecule has 1 fully saturated rings. The lowest BCUT2D eigenvalue weighted by Crippen LogP contribution is -2.46. The molecule has 0 bridgehead atoms. The number of hydrogen-bond donors (Lipinski definition) is 2. The Morgan fingerprint density at radius 1 is 1.53 bits per heavy atom. The fourth-order valence-corrected chi connectivity index (χ4v) is 2.06. The Morgan fingerprint density at radius 3 is 2.94 bits per heavy atom. The van der Waals surface area contributed by atoms with E-state index in [1.165, 1.54) is 0 Å². The molecule has 1 aliphatic rings. The molecule has 1 saturated heterocycles. The van der Waals surface area contributed by atoms with E-state index in [9.17, 15) is 4.79 Å². The van der Waals surface area contributed by atoms with Crippen LogP contribution < -0.4 is 10.6 Å². The van der Waals surface area contributed by atoms with E-state index < -0.39 is 0 Å². The molecule has 1 unspecified atom stereocenters. The van der Waals surface area contributed by atoms with Gasteiger partial charge in [-0.2, -0.15) is 0 Å². The SMILES string of the molecule is Cc1ccc(NC(=O)C2(C)CCCNC2)nc1. The third-order valence-corrected chi connectivity index (χ3v) is 3.30. The zero-order chi connectivity index (χ0) is 12.3. The molecule has 1 atom stereocenters. The van der Waals surface area contributed by atoms with Crippen LogP contribution in [0.15, 0.2) is 18.3 Å². The number of rotatable bonds is 2. The summed E-state index contributed by atoms with van der Waals surface area (Å²) in [4.78, 5) is 16.4. The van der Waals surface area contributed by atoms with Gasteiger partial charge in [-0.3, -0.25) is 4.79 Å². The maximum absolute atomic E-state index is 12.2. The standard InChI is InChI=1S/C13H19N3O/c1-10-4-5-11(15-8-10)16-12(17)13(2)6-3-7-14-9-13/h4-5,8,14H,3,6-7,9H2,1-2H3,(H,15,16,17). The Morgan fingerprint density at radius 2 is 2.35 bits per heavy atom. The van der Waals surface area contributed by atoms with E-state index in [1.54, 1.807) is 6.20 Å². The van der Waals surface area contributed by atoms with Crippen LogP contribution in [0.1, 0.15) is 25.3 Å². The topological polar surface area (TPSA) is 54.0 Å². The number of pyridine rings is 1. The van der Waals surface area contributed by atoms with Gasteiger partial charge in [0.05, 0.1) is 5.41 Å². The lowest BCUT2D eigenvalue weighted by Gasteiger charge is -2.32. The predicted octanol–water partition coefficient (Wildman–Crippen LogP) is 1.72. The summed E-state index contributed by atoms with van der Waals surface area (Å²) < 4.78 is 0. The first-order chi connectivity index (χ1) is 8.10. The summed E-state index contributed by atoms with van der Waals surface area (Å²) >= 11 is 0. The minimum Gasteiger partial charge on any atom is -0.316 e. The maximum atomic E-state index is 12.2. The summed E-state index contributed by atoms with van der Waals surface area (Å²) in [6.07, 6.45) is 3.74. The van der Waals surface area contributed by atoms with Crippen LogP contribution in [0.5, 0.6) is 0 Å². The fraction of sp³-hybridized carbons (Fsp3) is 0.538. The second-order valence-electron chi connectivity index (χ2n) is 5.02. The van der Waals surface area contributed by atoms with Crippen LogP contribution in [0.3, 0.4) is 0 Å². The molecule has 2 N–H and O–H groups in total. The molecular formula is C13H19N3O. The number of piperidine rings is 1. The first kappa shape index (κ1) is 12.0. The molecule has 92 valence electrons. The number of hydrogen-bond acceptors (Lipinski definition) is 3. The van der Waals surface area contributed by atoms with Gasteiger partial charge >= 0.3 is 0 Å². The molecule has 1 aliphatic heterocycles. The average molecular weight is 233 g/mol. The monoisotopic (exact) mass is 233 g/mol. The number of aromatic nitrogens is 1. The number of nitrogens with one attached hydrogen (secondary N) is 2. The smallest absolute Gasteiger partial charge is 0.232 e. The zero-order valence-corrected chi connectivity index (χ0v) is 10.4. The molecule has 0 aromatic carbocycles. The molecule has 1 amide bonds. The van der Waals surface area contributed by atoms with Gasteiger partial charge in [0.2, 0.25) is 5.91 Å². The fourth-order valence-electron chi connectivity index (χ4n) is 2.06. The molecule has 0 saturated carbocycles. The molecular weight excluding hydrogens is 214 g/mol. The number of nitrogens with zero attached hydrogens (tertiary/aromatic N) is 1. The first-order valence-corrected chi connectivity index (χ1v) is 6.05. The highest BCUT2D eigenvalue weighted by atomic mass is 16.2. The van der Waals surface area contributed by atoms with Crippen molar-refractivity contribution in [3.05, 3.63) is 23.9 Å². The van der Waals surface area contributed by atoms with Gasteiger partial charge in [-0.15, -0.1) is 0 Å². The Hall–Kier alpha value is -1.42. The second kappa shape index (κ2) is 4.84. The number of carbonyl (C=O) groups excluding carboxylic acids is 1. The van der Waals surface area contributed by atoms with Crippen molar-refractivity contribution >= 4 is 11.7 Å². The largest absolute Gasteiger partial charge is 0.316 e. The van der Waals surface area contributed by atoms with Crippen LogP contribution in [0.25, 0.3) is 0 Å². The van der Waals surface area contributed by atoms with Crippen molar-refractivity contribution in [2.24, 2.45) is 5.41 Å². The summed E-state index contributed by atoms with van der Waals surface area (Å²) in [7, 11) is 0. The molecule has 17 heavy (non-hydrogen) atoms. The lowest BCUT2D eigenvalue weighted by atomic mass is 9.82. The Labute approximate surface area is 102 Å². The number of aryl methyl sites for hydroxylation is 1. The molecule has 0 spiro atoms. The van der Waals surface area contributed by atoms with Crippen molar-refractivity contribution in [1.29, 1.82) is 0 Å². The van der Waals surface area contributed by atoms with Crippen molar-refractivity contribution in [1.82, 2.24) is 10.3 Å². The summed E-state index contributed by atoms with van der Waals surface area (Å²) in [5.41, 5.74) is 0.777. The van der Waals surface area contributed by atoms with Gasteiger partial charge in [0, 0.05) is 12.7 Å². The van der Waals surface area contributed by atoms with Crippen molar-refractivity contribution in [3.63, 3.8) is 0 Å². The Balaban J connectivity index is 2.03. The molecule has 0 radical (unpaired) electrons. The van der Waals surface area contributed by atoms with Crippen molar-refractivity contribution in [2.75, 3.05) is 18.4 Å². The van der Waals surface area contributed by atoms with E-state index in [0.29, 0.717) is 5.82 Å². The molecule has 4 heteroatoms. The molecule has 1 aromatic heterocycles. The summed E-state index contributed by atoms with van der Waals surface area (Å²) in [5, 5.41) is 6.16. The van der Waals surface area contributed by atoms with Crippen LogP contribution in [-0.4, -0.2) is 24.0 Å². The van der Waals surface area contributed by atoms with E-state index in [-0.39, 0.29) is 11.3 Å². The third-order valence-electron chi connectivity index (χ3n) is 3.30. The highest BCUT2D eigenvalue weighted by molar-refractivity contribution is 5.94. The Kier molecular flexibility index (Phi) is 3.43. The van der Waals surface area contributed by atoms with Crippen LogP contribution in [-0.2, 0) is 4.79 Å². The number of carbonyl (C=O) groups is 1. The predicted molar refractivity (Wildman–Crippen MR) is 67.8 cm³/mol. The van der Waals surface area contributed by atoms with Gasteiger partial charge in [0.15, 0.2) is 0 Å². The van der Waals surface area contributed by atoms with Gasteiger partial charge in [0.1, 0.15) is 5.82 Å². The first-order valence-electron chi connectivity index (χ1n) is 6.05. The average Bonchev–Trinajstić information content (AvgIpc) is 2.33. The minimum absolute atomic E-state index is 0.0565. The zero-order valence-electron chi connectivity index (χ0n) is 10.4. The summed E-state index contributed by atoms with van der Waals surface area (Å²) in [6, 6.07) is 3.79. The second-order valence-corrected chi connectivity index (χ2v) is 5.02. The molecule has 4 nitrogen and oxygen atoms in total. The van der Waals surface area contributed by atoms with Gasteiger partial charge in [0.25, 0.3) is 0 Å². The van der Waals surface area contributed by atoms with E-state index >= 15 is 0 Å². The van der Waals surface area contributed by atoms with E-state index in [4.69, 9.17) is 0 Å². The normalized spacial score (nSPS) is 24.4. The van der Waals surface area contributed by atoms with Crippen molar-refractivity contribution in [2.45, 2.75) is 26.7 Å². The molecule has 2 rings (SSSR count). The van der Waals surface area contributed by atoms with Gasteiger partial charge in [-0.1, -0.05) is 6.07 Å². The van der Waals surface area contributed by atoms with Crippen LogP contribution in [0.4, 0.5) is 5.82 Å². The molecule has 1 aromatic rings. The molecule has 2 heterocycles. The van der Waals surface area contributed by atoms with Crippen LogP contribution in [0.2, 0.25) is 0 Å². The minimum atomic E-state index is -0.315. The van der Waals surface area contributed by atoms with E-state index in [2.05, 4.69) is 15.6 Å². The highest BCUT2D eigenvalue weighted by Crippen LogP contribution is 2.26. The quantitative estimate of drug-likeness (QED) is 0.817. The third kappa shape index (κ3) is 2.82. The molecule has 0 aliphatic carbocycles. The Bertz CT molecular complexity index is 394. The van der Waals surface area contributed by atoms with Gasteiger partial charge < -0.3 is 10.6 Å². The van der Waals surface area contributed by atoms with E-state index in [0.717, 1.165) is 31.5 Å². The summed E-state index contributed by atoms with van der Waals surface area (Å²) in [6.45, 7) is 5.73. The summed E-state index contributed by atoms with van der Waals surface area (Å²) in [5.74, 6) is 0.688. The maximum Gasteiger partial charge on any atom is 0.232 e. The van der Waals surface area contributed by atoms with Crippen molar-refractivity contribution in [3.8, 4) is 0 Å². The van der Waals surface area contributed by atoms with Gasteiger partial charge in [-0.05, 0) is 44.9 Å². The van der Waals surface area contributed by atoms with Crippen LogP contribution in [0, 0.1) is 12.3 Å².